The molecule has 1 fully saturated rings. The summed E-state index contributed by atoms with van der Waals surface area (Å²) in [7, 11) is 2.01. The summed E-state index contributed by atoms with van der Waals surface area (Å²) in [6.45, 7) is 8.15. The van der Waals surface area contributed by atoms with E-state index in [1.807, 2.05) is 7.05 Å². The second-order valence-corrected chi connectivity index (χ2v) is 3.51. The standard InChI is InChI=1S/C9H21N3/c1-3-5-12-6-4-11-9(8-12)7-10-2/h9-11H,3-8H2,1-2H3. The SMILES string of the molecule is CCCN1CCNC(CNC)C1. The first kappa shape index (κ1) is 9.96. The van der Waals surface area contributed by atoms with E-state index in [9.17, 15) is 0 Å². The topological polar surface area (TPSA) is 27.3 Å². The van der Waals surface area contributed by atoms with Crippen molar-refractivity contribution in [3.63, 3.8) is 0 Å². The molecule has 12 heavy (non-hydrogen) atoms. The minimum Gasteiger partial charge on any atom is -0.318 e. The summed E-state index contributed by atoms with van der Waals surface area (Å²) in [5.74, 6) is 0. The number of hydrogen-bond acceptors (Lipinski definition) is 3. The van der Waals surface area contributed by atoms with Crippen LogP contribution in [-0.4, -0.2) is 50.7 Å². The van der Waals surface area contributed by atoms with Gasteiger partial charge in [-0.1, -0.05) is 6.92 Å². The second kappa shape index (κ2) is 5.51. The zero-order chi connectivity index (χ0) is 8.81. The first-order chi connectivity index (χ1) is 5.86. The molecule has 0 radical (unpaired) electrons. The summed E-state index contributed by atoms with van der Waals surface area (Å²) in [6.07, 6.45) is 1.27. The van der Waals surface area contributed by atoms with Gasteiger partial charge in [-0.2, -0.15) is 0 Å². The molecule has 3 nitrogen and oxygen atoms in total. The van der Waals surface area contributed by atoms with Crippen molar-refractivity contribution in [3.05, 3.63) is 0 Å². The molecule has 1 aliphatic rings. The van der Waals surface area contributed by atoms with Crippen molar-refractivity contribution < 1.29 is 0 Å². The highest BCUT2D eigenvalue weighted by Crippen LogP contribution is 1.98. The highest BCUT2D eigenvalue weighted by Gasteiger charge is 2.16. The van der Waals surface area contributed by atoms with Crippen molar-refractivity contribution in [3.8, 4) is 0 Å². The van der Waals surface area contributed by atoms with Gasteiger partial charge < -0.3 is 15.5 Å². The lowest BCUT2D eigenvalue weighted by molar-refractivity contribution is 0.199. The lowest BCUT2D eigenvalue weighted by Gasteiger charge is -2.33. The Kier molecular flexibility index (Phi) is 4.58. The molecule has 1 unspecified atom stereocenters. The third-order valence-corrected chi connectivity index (χ3v) is 2.33. The van der Waals surface area contributed by atoms with E-state index in [4.69, 9.17) is 0 Å². The van der Waals surface area contributed by atoms with E-state index in [1.54, 1.807) is 0 Å². The molecule has 1 atom stereocenters. The molecule has 1 aliphatic heterocycles. The Hall–Kier alpha value is -0.120. The van der Waals surface area contributed by atoms with Gasteiger partial charge >= 0.3 is 0 Å². The van der Waals surface area contributed by atoms with Gasteiger partial charge in [0, 0.05) is 32.2 Å². The Morgan fingerprint density at radius 3 is 3.08 bits per heavy atom. The Bertz CT molecular complexity index is 100. The van der Waals surface area contributed by atoms with Gasteiger partial charge in [-0.15, -0.1) is 0 Å². The molecular formula is C9H21N3. The number of likely N-dealkylation sites (N-methyl/N-ethyl adjacent to an activating group) is 1. The molecule has 0 saturated carbocycles. The second-order valence-electron chi connectivity index (χ2n) is 3.51. The summed E-state index contributed by atoms with van der Waals surface area (Å²) >= 11 is 0. The highest BCUT2D eigenvalue weighted by molar-refractivity contribution is 4.79. The zero-order valence-electron chi connectivity index (χ0n) is 8.27. The van der Waals surface area contributed by atoms with Crippen molar-refractivity contribution in [2.45, 2.75) is 19.4 Å². The molecule has 72 valence electrons. The predicted molar refractivity (Wildman–Crippen MR) is 52.4 cm³/mol. The molecule has 0 aromatic heterocycles. The van der Waals surface area contributed by atoms with E-state index in [0.717, 1.165) is 13.1 Å². The fourth-order valence-corrected chi connectivity index (χ4v) is 1.80. The lowest BCUT2D eigenvalue weighted by atomic mass is 10.2. The molecule has 0 amide bonds. The van der Waals surface area contributed by atoms with Gasteiger partial charge in [0.1, 0.15) is 0 Å². The van der Waals surface area contributed by atoms with E-state index >= 15 is 0 Å². The molecular weight excluding hydrogens is 150 g/mol. The van der Waals surface area contributed by atoms with Gasteiger partial charge in [-0.3, -0.25) is 0 Å². The van der Waals surface area contributed by atoms with Gasteiger partial charge in [-0.05, 0) is 20.0 Å². The van der Waals surface area contributed by atoms with Gasteiger partial charge in [-0.25, -0.2) is 0 Å². The molecule has 1 rings (SSSR count). The maximum absolute atomic E-state index is 3.50. The van der Waals surface area contributed by atoms with Crippen LogP contribution < -0.4 is 10.6 Å². The van der Waals surface area contributed by atoms with Crippen molar-refractivity contribution >= 4 is 0 Å². The van der Waals surface area contributed by atoms with Crippen molar-refractivity contribution in [2.24, 2.45) is 0 Å². The van der Waals surface area contributed by atoms with E-state index in [2.05, 4.69) is 22.5 Å². The van der Waals surface area contributed by atoms with Crippen LogP contribution in [0.1, 0.15) is 13.3 Å². The van der Waals surface area contributed by atoms with Crippen LogP contribution in [0.2, 0.25) is 0 Å². The van der Waals surface area contributed by atoms with E-state index in [1.165, 1.54) is 26.1 Å². The van der Waals surface area contributed by atoms with E-state index in [0.29, 0.717) is 6.04 Å². The zero-order valence-corrected chi connectivity index (χ0v) is 8.27. The Morgan fingerprint density at radius 2 is 2.42 bits per heavy atom. The van der Waals surface area contributed by atoms with Gasteiger partial charge in [0.05, 0.1) is 0 Å². The number of hydrogen-bond donors (Lipinski definition) is 2. The predicted octanol–water partition coefficient (Wildman–Crippen LogP) is -0.110. The summed E-state index contributed by atoms with van der Waals surface area (Å²) in [6, 6.07) is 0.648. The van der Waals surface area contributed by atoms with Crippen LogP contribution in [0.4, 0.5) is 0 Å². The fourth-order valence-electron chi connectivity index (χ4n) is 1.80. The van der Waals surface area contributed by atoms with Crippen molar-refractivity contribution in [1.29, 1.82) is 0 Å². The van der Waals surface area contributed by atoms with E-state index < -0.39 is 0 Å². The summed E-state index contributed by atoms with van der Waals surface area (Å²) in [4.78, 5) is 2.54. The Morgan fingerprint density at radius 1 is 1.58 bits per heavy atom. The number of rotatable bonds is 4. The average Bonchev–Trinajstić information content (AvgIpc) is 2.06. The van der Waals surface area contributed by atoms with Crippen LogP contribution in [0.5, 0.6) is 0 Å². The average molecular weight is 171 g/mol. The molecule has 1 heterocycles. The minimum atomic E-state index is 0.648. The van der Waals surface area contributed by atoms with E-state index in [-0.39, 0.29) is 0 Å². The number of piperazine rings is 1. The number of nitrogens with zero attached hydrogens (tertiary/aromatic N) is 1. The van der Waals surface area contributed by atoms with Gasteiger partial charge in [0.15, 0.2) is 0 Å². The highest BCUT2D eigenvalue weighted by atomic mass is 15.2. The van der Waals surface area contributed by atoms with Crippen LogP contribution in [0, 0.1) is 0 Å². The van der Waals surface area contributed by atoms with Crippen LogP contribution in [-0.2, 0) is 0 Å². The molecule has 0 aromatic rings. The normalized spacial score (nSPS) is 26.0. The van der Waals surface area contributed by atoms with Crippen LogP contribution in [0.15, 0.2) is 0 Å². The first-order valence-corrected chi connectivity index (χ1v) is 4.97. The molecule has 0 spiro atoms. The molecule has 2 N–H and O–H groups in total. The quantitative estimate of drug-likeness (QED) is 0.618. The molecule has 1 saturated heterocycles. The van der Waals surface area contributed by atoms with Crippen molar-refractivity contribution in [1.82, 2.24) is 15.5 Å². The van der Waals surface area contributed by atoms with Crippen molar-refractivity contribution in [2.75, 3.05) is 39.8 Å². The summed E-state index contributed by atoms with van der Waals surface area (Å²) in [5.41, 5.74) is 0. The molecule has 3 heteroatoms. The Labute approximate surface area is 75.5 Å². The maximum atomic E-state index is 3.50. The van der Waals surface area contributed by atoms with Crippen LogP contribution in [0.3, 0.4) is 0 Å². The largest absolute Gasteiger partial charge is 0.318 e. The Balaban J connectivity index is 2.20. The lowest BCUT2D eigenvalue weighted by Crippen LogP contribution is -2.54. The fraction of sp³-hybridized carbons (Fsp3) is 1.00. The molecule has 0 aliphatic carbocycles. The number of nitrogens with one attached hydrogen (secondary N) is 2. The smallest absolute Gasteiger partial charge is 0.0320 e. The monoisotopic (exact) mass is 171 g/mol. The third-order valence-electron chi connectivity index (χ3n) is 2.33. The molecule has 0 bridgehead atoms. The first-order valence-electron chi connectivity index (χ1n) is 4.97. The van der Waals surface area contributed by atoms with Crippen LogP contribution >= 0.6 is 0 Å². The van der Waals surface area contributed by atoms with Crippen LogP contribution in [0.25, 0.3) is 0 Å². The minimum absolute atomic E-state index is 0.648. The summed E-state index contributed by atoms with van der Waals surface area (Å²) < 4.78 is 0. The van der Waals surface area contributed by atoms with Gasteiger partial charge in [0.25, 0.3) is 0 Å². The van der Waals surface area contributed by atoms with Gasteiger partial charge in [0.2, 0.25) is 0 Å². The molecule has 0 aromatic carbocycles. The third kappa shape index (κ3) is 3.09. The maximum Gasteiger partial charge on any atom is 0.0320 e. The summed E-state index contributed by atoms with van der Waals surface area (Å²) in [5, 5.41) is 6.72.